The SMILES string of the molecule is O=C(O)CCCCCCCC=CCCCCCCCCO[Si](=O)O. The van der Waals surface area contributed by atoms with Gasteiger partial charge in [0.25, 0.3) is 0 Å². The Hall–Kier alpha value is -1.17. The van der Waals surface area contributed by atoms with E-state index in [1.54, 1.807) is 0 Å². The monoisotopic (exact) mass is 358 g/mol. The zero-order valence-electron chi connectivity index (χ0n) is 14.9. The molecule has 5 nitrogen and oxygen atoms in total. The minimum Gasteiger partial charge on any atom is -0.511 e. The normalized spacial score (nSPS) is 11.0. The summed E-state index contributed by atoms with van der Waals surface area (Å²) in [5.74, 6) is -0.688. The van der Waals surface area contributed by atoms with E-state index in [0.29, 0.717) is 13.0 Å². The Morgan fingerprint density at radius 2 is 1.25 bits per heavy atom. The van der Waals surface area contributed by atoms with Crippen molar-refractivity contribution in [1.29, 1.82) is 0 Å². The van der Waals surface area contributed by atoms with Crippen LogP contribution >= 0.6 is 0 Å². The highest BCUT2D eigenvalue weighted by Gasteiger charge is 2.01. The van der Waals surface area contributed by atoms with E-state index in [9.17, 15) is 9.26 Å². The first kappa shape index (κ1) is 22.8. The Balaban J connectivity index is 3.11. The van der Waals surface area contributed by atoms with Crippen molar-refractivity contribution in [3.8, 4) is 0 Å². The number of unbranched alkanes of at least 4 members (excludes halogenated alkanes) is 11. The molecule has 24 heavy (non-hydrogen) atoms. The van der Waals surface area contributed by atoms with Crippen LogP contribution in [-0.4, -0.2) is 31.6 Å². The predicted molar refractivity (Wildman–Crippen MR) is 96.0 cm³/mol. The van der Waals surface area contributed by atoms with Gasteiger partial charge in [-0.2, -0.15) is 0 Å². The zero-order valence-corrected chi connectivity index (χ0v) is 15.9. The summed E-state index contributed by atoms with van der Waals surface area (Å²) >= 11 is 0. The lowest BCUT2D eigenvalue weighted by molar-refractivity contribution is -0.137. The Morgan fingerprint density at radius 1 is 0.792 bits per heavy atom. The summed E-state index contributed by atoms with van der Waals surface area (Å²) in [6.07, 6.45) is 19.3. The highest BCUT2D eigenvalue weighted by atomic mass is 28.3. The Bertz CT molecular complexity index is 344. The number of allylic oxidation sites excluding steroid dienone is 2. The molecule has 140 valence electrons. The van der Waals surface area contributed by atoms with Gasteiger partial charge >= 0.3 is 15.1 Å². The molecule has 0 amide bonds. The molecule has 0 aromatic rings. The molecule has 0 heterocycles. The van der Waals surface area contributed by atoms with Crippen LogP contribution in [-0.2, 0) is 13.7 Å². The van der Waals surface area contributed by atoms with E-state index in [-0.39, 0.29) is 0 Å². The maximum absolute atomic E-state index is 10.4. The van der Waals surface area contributed by atoms with Gasteiger partial charge in [-0.1, -0.05) is 57.1 Å². The number of hydrogen-bond acceptors (Lipinski definition) is 3. The van der Waals surface area contributed by atoms with Crippen molar-refractivity contribution in [2.45, 2.75) is 89.9 Å². The van der Waals surface area contributed by atoms with Crippen LogP contribution in [0.15, 0.2) is 12.2 Å². The summed E-state index contributed by atoms with van der Waals surface area (Å²) in [7, 11) is -2.74. The van der Waals surface area contributed by atoms with Crippen molar-refractivity contribution in [1.82, 2.24) is 0 Å². The largest absolute Gasteiger partial charge is 0.764 e. The second kappa shape index (κ2) is 18.2. The topological polar surface area (TPSA) is 83.8 Å². The summed E-state index contributed by atoms with van der Waals surface area (Å²) in [4.78, 5) is 18.8. The van der Waals surface area contributed by atoms with Crippen LogP contribution in [0, 0.1) is 0 Å². The number of aliphatic carboxylic acids is 1. The second-order valence-electron chi connectivity index (χ2n) is 6.20. The molecule has 0 aliphatic carbocycles. The Morgan fingerprint density at radius 3 is 1.75 bits per heavy atom. The second-order valence-corrected chi connectivity index (χ2v) is 7.02. The molecule has 0 unspecified atom stereocenters. The molecular weight excluding hydrogens is 324 g/mol. The summed E-state index contributed by atoms with van der Waals surface area (Å²) < 4.78 is 15.0. The molecule has 2 N–H and O–H groups in total. The van der Waals surface area contributed by atoms with Crippen molar-refractivity contribution < 1.29 is 23.6 Å². The standard InChI is InChI=1S/C18H34O5Si/c19-18(20)16-14-12-10-8-6-4-2-1-3-5-7-9-11-13-15-17-23-24(21)22/h1-2,21H,3-17H2,(H,19,20). The van der Waals surface area contributed by atoms with Gasteiger partial charge in [0.2, 0.25) is 0 Å². The van der Waals surface area contributed by atoms with E-state index in [2.05, 4.69) is 16.6 Å². The smallest absolute Gasteiger partial charge is 0.511 e. The molecule has 0 aliphatic rings. The third-order valence-electron chi connectivity index (χ3n) is 3.92. The first-order valence-electron chi connectivity index (χ1n) is 9.35. The highest BCUT2D eigenvalue weighted by molar-refractivity contribution is 6.24. The van der Waals surface area contributed by atoms with Crippen LogP contribution in [0.4, 0.5) is 0 Å². The van der Waals surface area contributed by atoms with Gasteiger partial charge in [0.15, 0.2) is 0 Å². The lowest BCUT2D eigenvalue weighted by atomic mass is 10.1. The predicted octanol–water partition coefficient (Wildman–Crippen LogP) is 4.51. The van der Waals surface area contributed by atoms with Crippen molar-refractivity contribution in [3.63, 3.8) is 0 Å². The summed E-state index contributed by atoms with van der Waals surface area (Å²) in [5, 5.41) is 8.53. The molecule has 0 saturated heterocycles. The summed E-state index contributed by atoms with van der Waals surface area (Å²) in [6, 6.07) is 0. The molecule has 0 rings (SSSR count). The maximum Gasteiger partial charge on any atom is 0.764 e. The van der Waals surface area contributed by atoms with E-state index in [4.69, 9.17) is 9.90 Å². The minimum absolute atomic E-state index is 0.304. The third kappa shape index (κ3) is 20.8. The molecule has 6 heteroatoms. The van der Waals surface area contributed by atoms with Gasteiger partial charge < -0.3 is 14.3 Å². The molecular formula is C18H34O5Si. The van der Waals surface area contributed by atoms with Gasteiger partial charge in [0.1, 0.15) is 0 Å². The van der Waals surface area contributed by atoms with Crippen molar-refractivity contribution in [3.05, 3.63) is 12.2 Å². The van der Waals surface area contributed by atoms with E-state index >= 15 is 0 Å². The third-order valence-corrected chi connectivity index (χ3v) is 4.37. The fraction of sp³-hybridized carbons (Fsp3) is 0.833. The van der Waals surface area contributed by atoms with Crippen molar-refractivity contribution in [2.24, 2.45) is 0 Å². The van der Waals surface area contributed by atoms with E-state index < -0.39 is 15.1 Å². The highest BCUT2D eigenvalue weighted by Crippen LogP contribution is 2.10. The molecule has 0 radical (unpaired) electrons. The molecule has 0 saturated carbocycles. The summed E-state index contributed by atoms with van der Waals surface area (Å²) in [5.41, 5.74) is 0. The number of rotatable bonds is 18. The average Bonchev–Trinajstić information content (AvgIpc) is 2.53. The maximum atomic E-state index is 10.4. The fourth-order valence-electron chi connectivity index (χ4n) is 2.54. The van der Waals surface area contributed by atoms with Crippen molar-refractivity contribution >= 4 is 15.1 Å². The first-order chi connectivity index (χ1) is 11.6. The molecule has 0 aromatic heterocycles. The average molecular weight is 359 g/mol. The summed E-state index contributed by atoms with van der Waals surface area (Å²) in [6.45, 7) is 0.399. The van der Waals surface area contributed by atoms with Gasteiger partial charge in [0.05, 0.1) is 6.61 Å². The fourth-order valence-corrected chi connectivity index (χ4v) is 2.85. The van der Waals surface area contributed by atoms with Crippen LogP contribution in [0.3, 0.4) is 0 Å². The first-order valence-corrected chi connectivity index (χ1v) is 10.6. The van der Waals surface area contributed by atoms with Crippen LogP contribution in [0.25, 0.3) is 0 Å². The lowest BCUT2D eigenvalue weighted by Gasteiger charge is -2.01. The minimum atomic E-state index is -2.74. The molecule has 0 bridgehead atoms. The number of carboxylic acid groups (broad SMARTS) is 1. The van der Waals surface area contributed by atoms with Gasteiger partial charge in [-0.15, -0.1) is 0 Å². The van der Waals surface area contributed by atoms with E-state index in [1.807, 2.05) is 0 Å². The molecule has 0 spiro atoms. The van der Waals surface area contributed by atoms with Gasteiger partial charge in [-0.3, -0.25) is 9.26 Å². The van der Waals surface area contributed by atoms with Gasteiger partial charge in [-0.05, 0) is 38.5 Å². The van der Waals surface area contributed by atoms with Crippen LogP contribution in [0.2, 0.25) is 0 Å². The number of carbonyl (C=O) groups is 1. The van der Waals surface area contributed by atoms with Gasteiger partial charge in [0, 0.05) is 6.42 Å². The zero-order chi connectivity index (χ0) is 17.9. The quantitative estimate of drug-likeness (QED) is 0.214. The number of hydrogen-bond donors (Lipinski definition) is 2. The van der Waals surface area contributed by atoms with E-state index in [1.165, 1.54) is 38.5 Å². The molecule has 0 aromatic carbocycles. The van der Waals surface area contributed by atoms with E-state index in [0.717, 1.165) is 44.9 Å². The molecule has 0 atom stereocenters. The van der Waals surface area contributed by atoms with Gasteiger partial charge in [-0.25, -0.2) is 0 Å². The number of carboxylic acids is 1. The molecule has 0 fully saturated rings. The van der Waals surface area contributed by atoms with Crippen LogP contribution in [0.1, 0.15) is 89.9 Å². The Labute approximate surface area is 148 Å². The van der Waals surface area contributed by atoms with Crippen molar-refractivity contribution in [2.75, 3.05) is 6.61 Å². The molecule has 0 aliphatic heterocycles. The van der Waals surface area contributed by atoms with Crippen LogP contribution in [0.5, 0.6) is 0 Å². The Kier molecular flexibility index (Phi) is 17.3. The van der Waals surface area contributed by atoms with Crippen LogP contribution < -0.4 is 0 Å². The lowest BCUT2D eigenvalue weighted by Crippen LogP contribution is -2.06.